The Morgan fingerprint density at radius 2 is 2.27 bits per heavy atom. The number of rotatable bonds is 3. The predicted octanol–water partition coefficient (Wildman–Crippen LogP) is 1.40. The smallest absolute Gasteiger partial charge is 0.318 e. The highest BCUT2D eigenvalue weighted by atomic mass is 16.2. The quantitative estimate of drug-likeness (QED) is 0.593. The first kappa shape index (κ1) is 9.75. The summed E-state index contributed by atoms with van der Waals surface area (Å²) in [6, 6.07) is -0.178. The molecular weight excluding hydrogens is 140 g/mol. The zero-order valence-corrected chi connectivity index (χ0v) is 6.98. The summed E-state index contributed by atoms with van der Waals surface area (Å²) < 4.78 is 0. The Balaban J connectivity index is 3.74. The van der Waals surface area contributed by atoms with Crippen LogP contribution in [0.2, 0.25) is 0 Å². The number of carbonyl (C=O) groups excluding carboxylic acids is 1. The van der Waals surface area contributed by atoms with Crippen LogP contribution in [-0.4, -0.2) is 12.6 Å². The van der Waals surface area contributed by atoms with Gasteiger partial charge in [-0.1, -0.05) is 12.7 Å². The molecule has 0 fully saturated rings. The summed E-state index contributed by atoms with van der Waals surface area (Å²) in [5.74, 6) is 0. The predicted molar refractivity (Wildman–Crippen MR) is 46.2 cm³/mol. The van der Waals surface area contributed by atoms with Gasteiger partial charge < -0.3 is 10.6 Å². The largest absolute Gasteiger partial charge is 0.338 e. The molecule has 0 spiro atoms. The van der Waals surface area contributed by atoms with Crippen molar-refractivity contribution in [1.29, 1.82) is 0 Å². The van der Waals surface area contributed by atoms with Gasteiger partial charge >= 0.3 is 6.03 Å². The Morgan fingerprint density at radius 3 is 2.73 bits per heavy atom. The van der Waals surface area contributed by atoms with Gasteiger partial charge in [0.1, 0.15) is 0 Å². The average Bonchev–Trinajstić information content (AvgIpc) is 1.87. The summed E-state index contributed by atoms with van der Waals surface area (Å²) >= 11 is 0. The molecule has 0 aliphatic heterocycles. The molecule has 2 amide bonds. The van der Waals surface area contributed by atoms with Crippen LogP contribution in [0.15, 0.2) is 24.4 Å². The van der Waals surface area contributed by atoms with Crippen LogP contribution in [0.3, 0.4) is 0 Å². The molecule has 0 saturated carbocycles. The summed E-state index contributed by atoms with van der Waals surface area (Å²) in [4.78, 5) is 10.8. The Hall–Kier alpha value is -1.25. The van der Waals surface area contributed by atoms with Crippen molar-refractivity contribution in [1.82, 2.24) is 10.6 Å². The summed E-state index contributed by atoms with van der Waals surface area (Å²) in [5.41, 5.74) is 0.783. The van der Waals surface area contributed by atoms with Crippen molar-refractivity contribution >= 4 is 6.03 Å². The Morgan fingerprint density at radius 1 is 1.64 bits per heavy atom. The van der Waals surface area contributed by atoms with E-state index in [0.29, 0.717) is 6.54 Å². The molecule has 0 aliphatic rings. The molecule has 0 atom stereocenters. The fraction of sp³-hybridized carbons (Fsp3) is 0.375. The van der Waals surface area contributed by atoms with E-state index in [9.17, 15) is 4.79 Å². The van der Waals surface area contributed by atoms with Gasteiger partial charge in [0.25, 0.3) is 0 Å². The highest BCUT2D eigenvalue weighted by Gasteiger charge is 1.95. The number of carbonyl (C=O) groups is 1. The zero-order chi connectivity index (χ0) is 8.69. The van der Waals surface area contributed by atoms with Crippen molar-refractivity contribution in [3.05, 3.63) is 24.4 Å². The Kier molecular flexibility index (Phi) is 4.90. The van der Waals surface area contributed by atoms with Gasteiger partial charge in [0.05, 0.1) is 0 Å². The number of hydrogen-bond donors (Lipinski definition) is 2. The number of allylic oxidation sites excluding steroid dienone is 3. The SMILES string of the molecule is C=C/C=C(\C)NC(=O)NCC. The van der Waals surface area contributed by atoms with Crippen LogP contribution in [0, 0.1) is 0 Å². The minimum absolute atomic E-state index is 0.178. The van der Waals surface area contributed by atoms with Crippen LogP contribution in [0.4, 0.5) is 4.79 Å². The number of urea groups is 1. The van der Waals surface area contributed by atoms with Crippen LogP contribution in [0.25, 0.3) is 0 Å². The third-order valence-corrected chi connectivity index (χ3v) is 1.02. The zero-order valence-electron chi connectivity index (χ0n) is 6.98. The molecule has 62 valence electrons. The van der Waals surface area contributed by atoms with Crippen molar-refractivity contribution in [2.24, 2.45) is 0 Å². The van der Waals surface area contributed by atoms with Crippen LogP contribution in [-0.2, 0) is 0 Å². The van der Waals surface area contributed by atoms with Crippen LogP contribution < -0.4 is 10.6 Å². The van der Waals surface area contributed by atoms with E-state index in [1.54, 1.807) is 19.1 Å². The van der Waals surface area contributed by atoms with Gasteiger partial charge in [-0.2, -0.15) is 0 Å². The first-order valence-electron chi connectivity index (χ1n) is 3.55. The summed E-state index contributed by atoms with van der Waals surface area (Å²) in [6.07, 6.45) is 3.36. The topological polar surface area (TPSA) is 41.1 Å². The summed E-state index contributed by atoms with van der Waals surface area (Å²) in [6.45, 7) is 7.81. The minimum atomic E-state index is -0.178. The molecule has 3 nitrogen and oxygen atoms in total. The fourth-order valence-corrected chi connectivity index (χ4v) is 0.602. The molecule has 0 bridgehead atoms. The van der Waals surface area contributed by atoms with Crippen LogP contribution in [0.5, 0.6) is 0 Å². The van der Waals surface area contributed by atoms with E-state index in [1.807, 2.05) is 6.92 Å². The van der Waals surface area contributed by atoms with Gasteiger partial charge in [0.15, 0.2) is 0 Å². The highest BCUT2D eigenvalue weighted by Crippen LogP contribution is 1.85. The van der Waals surface area contributed by atoms with Crippen molar-refractivity contribution < 1.29 is 4.79 Å². The van der Waals surface area contributed by atoms with Gasteiger partial charge in [0, 0.05) is 12.2 Å². The van der Waals surface area contributed by atoms with E-state index in [0.717, 1.165) is 5.70 Å². The average molecular weight is 154 g/mol. The monoisotopic (exact) mass is 154 g/mol. The maximum Gasteiger partial charge on any atom is 0.318 e. The van der Waals surface area contributed by atoms with Crippen LogP contribution in [0.1, 0.15) is 13.8 Å². The van der Waals surface area contributed by atoms with Gasteiger partial charge in [-0.15, -0.1) is 0 Å². The molecule has 0 unspecified atom stereocenters. The maximum atomic E-state index is 10.8. The molecular formula is C8H14N2O. The van der Waals surface area contributed by atoms with Crippen LogP contribution >= 0.6 is 0 Å². The van der Waals surface area contributed by atoms with Gasteiger partial charge in [-0.05, 0) is 19.9 Å². The minimum Gasteiger partial charge on any atom is -0.338 e. The lowest BCUT2D eigenvalue weighted by Crippen LogP contribution is -2.33. The molecule has 0 radical (unpaired) electrons. The van der Waals surface area contributed by atoms with E-state index in [1.165, 1.54) is 0 Å². The third-order valence-electron chi connectivity index (χ3n) is 1.02. The molecule has 0 rings (SSSR count). The molecule has 0 aromatic rings. The fourth-order valence-electron chi connectivity index (χ4n) is 0.602. The van der Waals surface area contributed by atoms with E-state index in [-0.39, 0.29) is 6.03 Å². The second-order valence-electron chi connectivity index (χ2n) is 2.07. The van der Waals surface area contributed by atoms with E-state index in [4.69, 9.17) is 0 Å². The number of hydrogen-bond acceptors (Lipinski definition) is 1. The summed E-state index contributed by atoms with van der Waals surface area (Å²) in [5, 5.41) is 5.23. The lowest BCUT2D eigenvalue weighted by atomic mass is 10.4. The first-order valence-corrected chi connectivity index (χ1v) is 3.55. The van der Waals surface area contributed by atoms with Gasteiger partial charge in [0.2, 0.25) is 0 Å². The molecule has 3 heteroatoms. The molecule has 0 heterocycles. The van der Waals surface area contributed by atoms with Crippen molar-refractivity contribution in [3.63, 3.8) is 0 Å². The molecule has 0 aliphatic carbocycles. The van der Waals surface area contributed by atoms with Crippen molar-refractivity contribution in [3.8, 4) is 0 Å². The maximum absolute atomic E-state index is 10.8. The normalized spacial score (nSPS) is 10.5. The van der Waals surface area contributed by atoms with Crippen molar-refractivity contribution in [2.75, 3.05) is 6.54 Å². The highest BCUT2D eigenvalue weighted by molar-refractivity contribution is 5.75. The molecule has 0 aromatic carbocycles. The Bertz CT molecular complexity index is 173. The first-order chi connectivity index (χ1) is 5.20. The second kappa shape index (κ2) is 5.53. The molecule has 0 saturated heterocycles. The number of nitrogens with one attached hydrogen (secondary N) is 2. The third kappa shape index (κ3) is 5.21. The van der Waals surface area contributed by atoms with Gasteiger partial charge in [-0.3, -0.25) is 0 Å². The van der Waals surface area contributed by atoms with Crippen molar-refractivity contribution in [2.45, 2.75) is 13.8 Å². The lowest BCUT2D eigenvalue weighted by Gasteiger charge is -2.03. The lowest BCUT2D eigenvalue weighted by molar-refractivity contribution is 0.244. The number of amides is 2. The molecule has 11 heavy (non-hydrogen) atoms. The van der Waals surface area contributed by atoms with E-state index >= 15 is 0 Å². The van der Waals surface area contributed by atoms with Gasteiger partial charge in [-0.25, -0.2) is 4.79 Å². The standard InChI is InChI=1S/C8H14N2O/c1-4-6-7(3)10-8(11)9-5-2/h4,6H,1,5H2,2-3H3,(H2,9,10,11)/b7-6+. The van der Waals surface area contributed by atoms with E-state index < -0.39 is 0 Å². The second-order valence-corrected chi connectivity index (χ2v) is 2.07. The molecule has 0 aromatic heterocycles. The van der Waals surface area contributed by atoms with E-state index in [2.05, 4.69) is 17.2 Å². The summed E-state index contributed by atoms with van der Waals surface area (Å²) in [7, 11) is 0. The molecule has 2 N–H and O–H groups in total. The Labute approximate surface area is 67.2 Å².